The van der Waals surface area contributed by atoms with Gasteiger partial charge in [-0.25, -0.2) is 4.98 Å². The van der Waals surface area contributed by atoms with E-state index in [1.807, 2.05) is 17.5 Å². The average Bonchev–Trinajstić information content (AvgIpc) is 2.66. The molecule has 3 heteroatoms. The molecule has 1 atom stereocenters. The van der Waals surface area contributed by atoms with Crippen molar-refractivity contribution in [2.24, 2.45) is 0 Å². The molecule has 2 rings (SSSR count). The second-order valence-corrected chi connectivity index (χ2v) is 5.80. The van der Waals surface area contributed by atoms with Crippen molar-refractivity contribution in [2.75, 3.05) is 0 Å². The fourth-order valence-electron chi connectivity index (χ4n) is 2.27. The zero-order chi connectivity index (χ0) is 10.7. The number of hydrogen-bond donors (Lipinski definition) is 1. The molecular formula is C12H20N2S. The molecule has 0 aliphatic heterocycles. The molecule has 1 aromatic rings. The van der Waals surface area contributed by atoms with Crippen LogP contribution in [-0.2, 0) is 0 Å². The van der Waals surface area contributed by atoms with E-state index in [-0.39, 0.29) is 0 Å². The maximum atomic E-state index is 4.44. The molecule has 1 aliphatic rings. The van der Waals surface area contributed by atoms with Gasteiger partial charge in [0.25, 0.3) is 0 Å². The maximum absolute atomic E-state index is 4.44. The van der Waals surface area contributed by atoms with E-state index in [2.05, 4.69) is 24.1 Å². The summed E-state index contributed by atoms with van der Waals surface area (Å²) >= 11 is 1.81. The number of nitrogens with zero attached hydrogens (tertiary/aromatic N) is 1. The Bertz CT molecular complexity index is 302. The molecule has 1 fully saturated rings. The molecule has 0 spiro atoms. The van der Waals surface area contributed by atoms with E-state index < -0.39 is 0 Å². The van der Waals surface area contributed by atoms with E-state index in [4.69, 9.17) is 0 Å². The number of aryl methyl sites for hydroxylation is 1. The van der Waals surface area contributed by atoms with Gasteiger partial charge in [0.05, 0.1) is 6.04 Å². The van der Waals surface area contributed by atoms with Crippen molar-refractivity contribution in [3.8, 4) is 0 Å². The van der Waals surface area contributed by atoms with Crippen LogP contribution < -0.4 is 5.32 Å². The minimum absolute atomic E-state index is 0.423. The minimum atomic E-state index is 0.423. The van der Waals surface area contributed by atoms with Crippen molar-refractivity contribution in [3.63, 3.8) is 0 Å². The Hall–Kier alpha value is -0.410. The fourth-order valence-corrected chi connectivity index (χ4v) is 3.05. The van der Waals surface area contributed by atoms with Crippen molar-refractivity contribution in [1.82, 2.24) is 10.3 Å². The third-order valence-corrected chi connectivity index (χ3v) is 4.20. The highest BCUT2D eigenvalue weighted by Gasteiger charge is 2.17. The molecule has 1 heterocycles. The van der Waals surface area contributed by atoms with Crippen molar-refractivity contribution in [2.45, 2.75) is 58.0 Å². The minimum Gasteiger partial charge on any atom is -0.305 e. The molecule has 1 unspecified atom stereocenters. The largest absolute Gasteiger partial charge is 0.305 e. The van der Waals surface area contributed by atoms with Gasteiger partial charge in [-0.1, -0.05) is 19.3 Å². The lowest BCUT2D eigenvalue weighted by atomic mass is 9.95. The van der Waals surface area contributed by atoms with Gasteiger partial charge in [0, 0.05) is 17.1 Å². The van der Waals surface area contributed by atoms with Crippen molar-refractivity contribution >= 4 is 11.3 Å². The van der Waals surface area contributed by atoms with E-state index in [9.17, 15) is 0 Å². The monoisotopic (exact) mass is 224 g/mol. The summed E-state index contributed by atoms with van der Waals surface area (Å²) in [7, 11) is 0. The first-order chi connectivity index (χ1) is 7.25. The van der Waals surface area contributed by atoms with Gasteiger partial charge in [0.15, 0.2) is 0 Å². The van der Waals surface area contributed by atoms with Crippen LogP contribution in [0.1, 0.15) is 55.0 Å². The van der Waals surface area contributed by atoms with Gasteiger partial charge < -0.3 is 5.32 Å². The van der Waals surface area contributed by atoms with Gasteiger partial charge >= 0.3 is 0 Å². The maximum Gasteiger partial charge on any atom is 0.109 e. The van der Waals surface area contributed by atoms with Crippen LogP contribution in [0.4, 0.5) is 0 Å². The standard InChI is InChI=1S/C12H20N2S/c1-9-8-13-12(15-9)10(2)14-11-6-4-3-5-7-11/h8,10-11,14H,3-7H2,1-2H3. The number of nitrogens with one attached hydrogen (secondary N) is 1. The Morgan fingerprint density at radius 2 is 2.13 bits per heavy atom. The molecule has 1 aromatic heterocycles. The lowest BCUT2D eigenvalue weighted by Crippen LogP contribution is -2.33. The van der Waals surface area contributed by atoms with E-state index in [0.717, 1.165) is 6.04 Å². The third kappa shape index (κ3) is 3.02. The number of hydrogen-bond acceptors (Lipinski definition) is 3. The fraction of sp³-hybridized carbons (Fsp3) is 0.750. The smallest absolute Gasteiger partial charge is 0.109 e. The molecular weight excluding hydrogens is 204 g/mol. The highest BCUT2D eigenvalue weighted by molar-refractivity contribution is 7.11. The van der Waals surface area contributed by atoms with Crippen LogP contribution in [0.25, 0.3) is 0 Å². The topological polar surface area (TPSA) is 24.9 Å². The molecule has 2 nitrogen and oxygen atoms in total. The number of aromatic nitrogens is 1. The van der Waals surface area contributed by atoms with Gasteiger partial charge in [-0.05, 0) is 26.7 Å². The normalized spacial score (nSPS) is 20.4. The predicted molar refractivity (Wildman–Crippen MR) is 65.3 cm³/mol. The Morgan fingerprint density at radius 1 is 1.40 bits per heavy atom. The molecule has 0 amide bonds. The SMILES string of the molecule is Cc1cnc(C(C)NC2CCCCC2)s1. The summed E-state index contributed by atoms with van der Waals surface area (Å²) in [5, 5.41) is 4.93. The van der Waals surface area contributed by atoms with Crippen molar-refractivity contribution < 1.29 is 0 Å². The molecule has 15 heavy (non-hydrogen) atoms. The van der Waals surface area contributed by atoms with E-state index in [1.54, 1.807) is 0 Å². The molecule has 1 N–H and O–H groups in total. The first kappa shape index (κ1) is 11.1. The Morgan fingerprint density at radius 3 is 2.73 bits per heavy atom. The summed E-state index contributed by atoms with van der Waals surface area (Å²) in [6.45, 7) is 4.35. The molecule has 1 saturated carbocycles. The Balaban J connectivity index is 1.88. The zero-order valence-electron chi connectivity index (χ0n) is 9.62. The first-order valence-electron chi connectivity index (χ1n) is 5.94. The summed E-state index contributed by atoms with van der Waals surface area (Å²) in [6.07, 6.45) is 8.86. The summed E-state index contributed by atoms with van der Waals surface area (Å²) in [4.78, 5) is 5.74. The third-order valence-electron chi connectivity index (χ3n) is 3.10. The van der Waals surface area contributed by atoms with Crippen LogP contribution in [0.15, 0.2) is 6.20 Å². The highest BCUT2D eigenvalue weighted by atomic mass is 32.1. The van der Waals surface area contributed by atoms with Crippen LogP contribution in [0.3, 0.4) is 0 Å². The van der Waals surface area contributed by atoms with Crippen molar-refractivity contribution in [1.29, 1.82) is 0 Å². The van der Waals surface area contributed by atoms with Gasteiger partial charge in [0.2, 0.25) is 0 Å². The molecule has 0 aromatic carbocycles. The van der Waals surface area contributed by atoms with E-state index in [0.29, 0.717) is 6.04 Å². The summed E-state index contributed by atoms with van der Waals surface area (Å²) in [6, 6.07) is 1.14. The summed E-state index contributed by atoms with van der Waals surface area (Å²) < 4.78 is 0. The molecule has 84 valence electrons. The number of rotatable bonds is 3. The van der Waals surface area contributed by atoms with Gasteiger partial charge in [-0.3, -0.25) is 0 Å². The zero-order valence-corrected chi connectivity index (χ0v) is 10.4. The van der Waals surface area contributed by atoms with Crippen LogP contribution in [-0.4, -0.2) is 11.0 Å². The van der Waals surface area contributed by atoms with Crippen LogP contribution in [0.2, 0.25) is 0 Å². The summed E-state index contributed by atoms with van der Waals surface area (Å²) in [5.74, 6) is 0. The Kier molecular flexibility index (Phi) is 3.76. The highest BCUT2D eigenvalue weighted by Crippen LogP contribution is 2.23. The molecule has 0 saturated heterocycles. The van der Waals surface area contributed by atoms with E-state index >= 15 is 0 Å². The predicted octanol–water partition coefficient (Wildman–Crippen LogP) is 3.43. The van der Waals surface area contributed by atoms with E-state index in [1.165, 1.54) is 42.0 Å². The lowest BCUT2D eigenvalue weighted by molar-refractivity contribution is 0.346. The first-order valence-corrected chi connectivity index (χ1v) is 6.76. The molecule has 1 aliphatic carbocycles. The molecule has 0 radical (unpaired) electrons. The second kappa shape index (κ2) is 5.08. The Labute approximate surface area is 96.1 Å². The van der Waals surface area contributed by atoms with Crippen LogP contribution >= 0.6 is 11.3 Å². The quantitative estimate of drug-likeness (QED) is 0.850. The van der Waals surface area contributed by atoms with Gasteiger partial charge in [-0.2, -0.15) is 0 Å². The average molecular weight is 224 g/mol. The molecule has 0 bridgehead atoms. The van der Waals surface area contributed by atoms with Gasteiger partial charge in [-0.15, -0.1) is 11.3 Å². The summed E-state index contributed by atoms with van der Waals surface area (Å²) in [5.41, 5.74) is 0. The second-order valence-electron chi connectivity index (χ2n) is 4.53. The van der Waals surface area contributed by atoms with Crippen molar-refractivity contribution in [3.05, 3.63) is 16.1 Å². The number of thiazole rings is 1. The lowest BCUT2D eigenvalue weighted by Gasteiger charge is -2.25. The van der Waals surface area contributed by atoms with Crippen LogP contribution in [0, 0.1) is 6.92 Å². The van der Waals surface area contributed by atoms with Crippen LogP contribution in [0.5, 0.6) is 0 Å². The van der Waals surface area contributed by atoms with Gasteiger partial charge in [0.1, 0.15) is 5.01 Å².